The number of rotatable bonds is 5. The fraction of sp³-hybridized carbons (Fsp3) is 0.462. The highest BCUT2D eigenvalue weighted by Crippen LogP contribution is 2.09. The van der Waals surface area contributed by atoms with Crippen LogP contribution < -0.4 is 5.73 Å². The van der Waals surface area contributed by atoms with E-state index in [1.54, 1.807) is 19.0 Å². The SMILES string of the molecule is CN(C)C(=O)c1ccc(CCCCN)cc1. The lowest BCUT2D eigenvalue weighted by molar-refractivity contribution is 0.0827. The number of nitrogens with zero attached hydrogens (tertiary/aromatic N) is 1. The predicted molar refractivity (Wildman–Crippen MR) is 66.5 cm³/mol. The van der Waals surface area contributed by atoms with Crippen molar-refractivity contribution in [3.05, 3.63) is 35.4 Å². The minimum Gasteiger partial charge on any atom is -0.345 e. The molecule has 1 rings (SSSR count). The van der Waals surface area contributed by atoms with E-state index in [-0.39, 0.29) is 5.91 Å². The number of amides is 1. The maximum Gasteiger partial charge on any atom is 0.253 e. The summed E-state index contributed by atoms with van der Waals surface area (Å²) in [5, 5.41) is 0. The third kappa shape index (κ3) is 3.66. The van der Waals surface area contributed by atoms with Crippen molar-refractivity contribution in [2.75, 3.05) is 20.6 Å². The van der Waals surface area contributed by atoms with E-state index in [4.69, 9.17) is 5.73 Å². The first-order valence-electron chi connectivity index (χ1n) is 5.66. The number of carbonyl (C=O) groups is 1. The van der Waals surface area contributed by atoms with E-state index in [2.05, 4.69) is 0 Å². The Morgan fingerprint density at radius 2 is 1.81 bits per heavy atom. The van der Waals surface area contributed by atoms with Crippen molar-refractivity contribution >= 4 is 5.91 Å². The molecule has 0 bridgehead atoms. The van der Waals surface area contributed by atoms with Crippen LogP contribution in [0.2, 0.25) is 0 Å². The summed E-state index contributed by atoms with van der Waals surface area (Å²) < 4.78 is 0. The molecule has 0 unspecified atom stereocenters. The molecule has 1 aromatic rings. The molecule has 0 saturated carbocycles. The average Bonchev–Trinajstić information content (AvgIpc) is 2.29. The van der Waals surface area contributed by atoms with Gasteiger partial charge in [-0.05, 0) is 43.5 Å². The number of unbranched alkanes of at least 4 members (excludes halogenated alkanes) is 1. The molecule has 0 aliphatic carbocycles. The van der Waals surface area contributed by atoms with Gasteiger partial charge in [-0.2, -0.15) is 0 Å². The van der Waals surface area contributed by atoms with Gasteiger partial charge < -0.3 is 10.6 Å². The molecule has 0 saturated heterocycles. The zero-order chi connectivity index (χ0) is 12.0. The maximum absolute atomic E-state index is 11.6. The molecular formula is C13H20N2O. The topological polar surface area (TPSA) is 46.3 Å². The number of carbonyl (C=O) groups excluding carboxylic acids is 1. The van der Waals surface area contributed by atoms with Gasteiger partial charge in [0, 0.05) is 19.7 Å². The van der Waals surface area contributed by atoms with E-state index < -0.39 is 0 Å². The first kappa shape index (κ1) is 12.7. The first-order chi connectivity index (χ1) is 7.65. The third-order valence-electron chi connectivity index (χ3n) is 2.53. The second kappa shape index (κ2) is 6.28. The van der Waals surface area contributed by atoms with E-state index in [9.17, 15) is 4.79 Å². The molecule has 88 valence electrons. The summed E-state index contributed by atoms with van der Waals surface area (Å²) in [5.74, 6) is 0.0495. The van der Waals surface area contributed by atoms with E-state index in [1.807, 2.05) is 24.3 Å². The maximum atomic E-state index is 11.6. The molecule has 1 amide bonds. The summed E-state index contributed by atoms with van der Waals surface area (Å²) in [6.07, 6.45) is 3.20. The molecular weight excluding hydrogens is 200 g/mol. The second-order valence-corrected chi connectivity index (χ2v) is 4.14. The van der Waals surface area contributed by atoms with Crippen LogP contribution in [0.1, 0.15) is 28.8 Å². The molecule has 1 aromatic carbocycles. The summed E-state index contributed by atoms with van der Waals surface area (Å²) in [6, 6.07) is 7.82. The molecule has 0 heterocycles. The summed E-state index contributed by atoms with van der Waals surface area (Å²) in [7, 11) is 3.52. The summed E-state index contributed by atoms with van der Waals surface area (Å²) in [4.78, 5) is 13.2. The van der Waals surface area contributed by atoms with Gasteiger partial charge >= 0.3 is 0 Å². The highest BCUT2D eigenvalue weighted by molar-refractivity contribution is 5.93. The number of hydrogen-bond acceptors (Lipinski definition) is 2. The minimum absolute atomic E-state index is 0.0495. The molecule has 3 nitrogen and oxygen atoms in total. The third-order valence-corrected chi connectivity index (χ3v) is 2.53. The Morgan fingerprint density at radius 1 is 1.19 bits per heavy atom. The zero-order valence-electron chi connectivity index (χ0n) is 10.1. The molecule has 16 heavy (non-hydrogen) atoms. The highest BCUT2D eigenvalue weighted by atomic mass is 16.2. The van der Waals surface area contributed by atoms with Crippen molar-refractivity contribution in [1.29, 1.82) is 0 Å². The van der Waals surface area contributed by atoms with Crippen LogP contribution in [0.4, 0.5) is 0 Å². The van der Waals surface area contributed by atoms with Gasteiger partial charge in [0.2, 0.25) is 0 Å². The molecule has 3 heteroatoms. The molecule has 0 atom stereocenters. The molecule has 0 aromatic heterocycles. The molecule has 0 aliphatic heterocycles. The highest BCUT2D eigenvalue weighted by Gasteiger charge is 2.06. The Labute approximate surface area is 97.2 Å². The minimum atomic E-state index is 0.0495. The van der Waals surface area contributed by atoms with Crippen LogP contribution in [0, 0.1) is 0 Å². The van der Waals surface area contributed by atoms with Crippen LogP contribution in [-0.2, 0) is 6.42 Å². The van der Waals surface area contributed by atoms with Crippen molar-refractivity contribution in [2.24, 2.45) is 5.73 Å². The fourth-order valence-corrected chi connectivity index (χ4v) is 1.55. The van der Waals surface area contributed by atoms with Gasteiger partial charge in [-0.15, -0.1) is 0 Å². The zero-order valence-corrected chi connectivity index (χ0v) is 10.1. The Kier molecular flexibility index (Phi) is 4.99. The fourth-order valence-electron chi connectivity index (χ4n) is 1.55. The van der Waals surface area contributed by atoms with Crippen LogP contribution in [-0.4, -0.2) is 31.4 Å². The van der Waals surface area contributed by atoms with Gasteiger partial charge in [-0.25, -0.2) is 0 Å². The summed E-state index contributed by atoms with van der Waals surface area (Å²) >= 11 is 0. The number of aryl methyl sites for hydroxylation is 1. The van der Waals surface area contributed by atoms with Gasteiger partial charge in [-0.3, -0.25) is 4.79 Å². The van der Waals surface area contributed by atoms with Gasteiger partial charge in [0.1, 0.15) is 0 Å². The van der Waals surface area contributed by atoms with Crippen LogP contribution >= 0.6 is 0 Å². The molecule has 0 aliphatic rings. The first-order valence-corrected chi connectivity index (χ1v) is 5.66. The largest absolute Gasteiger partial charge is 0.345 e. The average molecular weight is 220 g/mol. The van der Waals surface area contributed by atoms with Crippen molar-refractivity contribution in [3.63, 3.8) is 0 Å². The van der Waals surface area contributed by atoms with Gasteiger partial charge in [0.25, 0.3) is 5.91 Å². The second-order valence-electron chi connectivity index (χ2n) is 4.14. The van der Waals surface area contributed by atoms with Crippen molar-refractivity contribution in [2.45, 2.75) is 19.3 Å². The molecule has 0 spiro atoms. The lowest BCUT2D eigenvalue weighted by atomic mass is 10.1. The van der Waals surface area contributed by atoms with E-state index in [0.29, 0.717) is 0 Å². The monoisotopic (exact) mass is 220 g/mol. The lowest BCUT2D eigenvalue weighted by Crippen LogP contribution is -2.21. The van der Waals surface area contributed by atoms with Crippen LogP contribution in [0.5, 0.6) is 0 Å². The molecule has 0 fully saturated rings. The van der Waals surface area contributed by atoms with Gasteiger partial charge in [0.05, 0.1) is 0 Å². The van der Waals surface area contributed by atoms with Crippen molar-refractivity contribution < 1.29 is 4.79 Å². The Morgan fingerprint density at radius 3 is 2.31 bits per heavy atom. The summed E-state index contributed by atoms with van der Waals surface area (Å²) in [5.41, 5.74) is 7.45. The van der Waals surface area contributed by atoms with Crippen molar-refractivity contribution in [1.82, 2.24) is 4.90 Å². The smallest absolute Gasteiger partial charge is 0.253 e. The van der Waals surface area contributed by atoms with Crippen LogP contribution in [0.15, 0.2) is 24.3 Å². The van der Waals surface area contributed by atoms with Gasteiger partial charge in [-0.1, -0.05) is 12.1 Å². The van der Waals surface area contributed by atoms with E-state index >= 15 is 0 Å². The summed E-state index contributed by atoms with van der Waals surface area (Å²) in [6.45, 7) is 0.747. The Balaban J connectivity index is 2.57. The normalized spacial score (nSPS) is 10.2. The van der Waals surface area contributed by atoms with E-state index in [0.717, 1.165) is 31.4 Å². The molecule has 0 radical (unpaired) electrons. The van der Waals surface area contributed by atoms with Crippen LogP contribution in [0.3, 0.4) is 0 Å². The van der Waals surface area contributed by atoms with Gasteiger partial charge in [0.15, 0.2) is 0 Å². The number of benzene rings is 1. The Bertz CT molecular complexity index is 330. The predicted octanol–water partition coefficient (Wildman–Crippen LogP) is 1.67. The van der Waals surface area contributed by atoms with Crippen LogP contribution in [0.25, 0.3) is 0 Å². The van der Waals surface area contributed by atoms with E-state index in [1.165, 1.54) is 5.56 Å². The standard InChI is InChI=1S/C13H20N2O/c1-15(2)13(16)12-8-6-11(7-9-12)5-3-4-10-14/h6-9H,3-5,10,14H2,1-2H3. The molecule has 2 N–H and O–H groups in total. The number of nitrogens with two attached hydrogens (primary N) is 1. The van der Waals surface area contributed by atoms with Crippen molar-refractivity contribution in [3.8, 4) is 0 Å². The quantitative estimate of drug-likeness (QED) is 0.767. The lowest BCUT2D eigenvalue weighted by Gasteiger charge is -2.10. The number of hydrogen-bond donors (Lipinski definition) is 1. The Hall–Kier alpha value is -1.35.